The van der Waals surface area contributed by atoms with Crippen molar-refractivity contribution in [1.82, 2.24) is 0 Å². The first-order chi connectivity index (χ1) is 4.91. The summed E-state index contributed by atoms with van der Waals surface area (Å²) in [5.74, 6) is 0. The van der Waals surface area contributed by atoms with Crippen LogP contribution < -0.4 is 0 Å². The van der Waals surface area contributed by atoms with Crippen LogP contribution in [0, 0.1) is 0 Å². The highest BCUT2D eigenvalue weighted by Crippen LogP contribution is 2.50. The van der Waals surface area contributed by atoms with Gasteiger partial charge in [0.2, 0.25) is 0 Å². The van der Waals surface area contributed by atoms with Crippen molar-refractivity contribution in [3.05, 3.63) is 0 Å². The minimum Gasteiger partial charge on any atom is -0.369 e. The van der Waals surface area contributed by atoms with E-state index in [-0.39, 0.29) is 17.7 Å². The molecular weight excluding hydrogens is 225 g/mol. The Hall–Kier alpha value is 0.230. The molecule has 0 aliphatic heterocycles. The van der Waals surface area contributed by atoms with Crippen molar-refractivity contribution in [2.75, 3.05) is 7.11 Å². The molecule has 0 aromatic rings. The molecule has 1 aliphatic rings. The van der Waals surface area contributed by atoms with E-state index in [1.807, 2.05) is 0 Å². The predicted molar refractivity (Wildman–Crippen MR) is 37.7 cm³/mol. The molecule has 1 saturated carbocycles. The van der Waals surface area contributed by atoms with Crippen LogP contribution in [-0.4, -0.2) is 23.7 Å². The van der Waals surface area contributed by atoms with Crippen LogP contribution in [0.5, 0.6) is 0 Å². The molecule has 1 rings (SSSR count). The number of halogens is 4. The van der Waals surface area contributed by atoms with E-state index in [0.29, 0.717) is 0 Å². The molecule has 0 bridgehead atoms. The molecule has 5 heteroatoms. The lowest BCUT2D eigenvalue weighted by Gasteiger charge is -2.44. The number of rotatable bonds is 1. The maximum atomic E-state index is 12.2. The van der Waals surface area contributed by atoms with E-state index in [1.54, 1.807) is 0 Å². The summed E-state index contributed by atoms with van der Waals surface area (Å²) in [5.41, 5.74) is -1.87. The molecule has 0 unspecified atom stereocenters. The van der Waals surface area contributed by atoms with Crippen molar-refractivity contribution in [2.24, 2.45) is 0 Å². The molecule has 1 aliphatic carbocycles. The van der Waals surface area contributed by atoms with Crippen LogP contribution in [0.4, 0.5) is 13.2 Å². The fourth-order valence-electron chi connectivity index (χ4n) is 1.17. The number of alkyl halides is 4. The van der Waals surface area contributed by atoms with Gasteiger partial charge in [0, 0.05) is 11.9 Å². The van der Waals surface area contributed by atoms with Gasteiger partial charge in [-0.05, 0) is 12.8 Å². The number of hydrogen-bond donors (Lipinski definition) is 0. The third-order valence-corrected chi connectivity index (χ3v) is 2.66. The second-order valence-corrected chi connectivity index (χ2v) is 4.00. The van der Waals surface area contributed by atoms with E-state index in [2.05, 4.69) is 20.7 Å². The third-order valence-electron chi connectivity index (χ3n) is 2.01. The topological polar surface area (TPSA) is 9.23 Å². The largest absolute Gasteiger partial charge is 0.417 e. The van der Waals surface area contributed by atoms with Gasteiger partial charge < -0.3 is 4.74 Å². The minimum absolute atomic E-state index is 0.0208. The lowest BCUT2D eigenvalue weighted by atomic mass is 9.79. The summed E-state index contributed by atoms with van der Waals surface area (Å²) in [4.78, 5) is -0.0518. The second-order valence-electron chi connectivity index (χ2n) is 2.70. The maximum absolute atomic E-state index is 12.2. The Balaban J connectivity index is 2.65. The molecule has 0 aromatic heterocycles. The Kier molecular flexibility index (Phi) is 2.22. The highest BCUT2D eigenvalue weighted by atomic mass is 79.9. The summed E-state index contributed by atoms with van der Waals surface area (Å²) in [6, 6.07) is 0. The van der Waals surface area contributed by atoms with Crippen LogP contribution in [0.25, 0.3) is 0 Å². The summed E-state index contributed by atoms with van der Waals surface area (Å²) >= 11 is 3.09. The molecule has 1 nitrogen and oxygen atoms in total. The van der Waals surface area contributed by atoms with Gasteiger partial charge in [0.15, 0.2) is 5.60 Å². The summed E-state index contributed by atoms with van der Waals surface area (Å²) < 4.78 is 41.0. The fraction of sp³-hybridized carbons (Fsp3) is 1.00. The van der Waals surface area contributed by atoms with Crippen LogP contribution in [0.2, 0.25) is 0 Å². The first-order valence-corrected chi connectivity index (χ1v) is 4.09. The Bertz CT molecular complexity index is 150. The van der Waals surface area contributed by atoms with Crippen LogP contribution in [-0.2, 0) is 4.74 Å². The lowest BCUT2D eigenvalue weighted by Crippen LogP contribution is -2.57. The van der Waals surface area contributed by atoms with Gasteiger partial charge in [0.05, 0.1) is 0 Å². The van der Waals surface area contributed by atoms with Gasteiger partial charge in [-0.3, -0.25) is 0 Å². The van der Waals surface area contributed by atoms with Gasteiger partial charge in [-0.25, -0.2) is 0 Å². The summed E-state index contributed by atoms with van der Waals surface area (Å²) in [7, 11) is 1.10. The fourth-order valence-corrected chi connectivity index (χ4v) is 2.22. The zero-order valence-corrected chi connectivity index (χ0v) is 7.50. The third kappa shape index (κ3) is 1.40. The number of hydrogen-bond acceptors (Lipinski definition) is 1. The monoisotopic (exact) mass is 232 g/mol. The van der Waals surface area contributed by atoms with Crippen molar-refractivity contribution < 1.29 is 17.9 Å². The molecule has 0 saturated heterocycles. The highest BCUT2D eigenvalue weighted by molar-refractivity contribution is 9.09. The second kappa shape index (κ2) is 2.62. The van der Waals surface area contributed by atoms with Gasteiger partial charge in [-0.15, -0.1) is 0 Å². The van der Waals surface area contributed by atoms with Gasteiger partial charge in [0.1, 0.15) is 0 Å². The summed E-state index contributed by atoms with van der Waals surface area (Å²) in [5, 5.41) is 0. The van der Waals surface area contributed by atoms with Crippen molar-refractivity contribution in [3.63, 3.8) is 0 Å². The molecule has 0 radical (unpaired) electrons. The average molecular weight is 233 g/mol. The van der Waals surface area contributed by atoms with Crippen molar-refractivity contribution >= 4 is 15.9 Å². The zero-order valence-electron chi connectivity index (χ0n) is 5.91. The molecule has 0 amide bonds. The smallest absolute Gasteiger partial charge is 0.369 e. The molecule has 0 aromatic carbocycles. The van der Waals surface area contributed by atoms with Crippen LogP contribution >= 0.6 is 15.9 Å². The Morgan fingerprint density at radius 1 is 1.45 bits per heavy atom. The summed E-state index contributed by atoms with van der Waals surface area (Å²) in [6.45, 7) is 0. The molecular formula is C6H8BrF3O. The van der Waals surface area contributed by atoms with E-state index in [1.165, 1.54) is 0 Å². The van der Waals surface area contributed by atoms with Gasteiger partial charge >= 0.3 is 6.18 Å². The number of ether oxygens (including phenoxy) is 1. The minimum atomic E-state index is -4.23. The van der Waals surface area contributed by atoms with Crippen molar-refractivity contribution in [2.45, 2.75) is 29.4 Å². The van der Waals surface area contributed by atoms with E-state index in [0.717, 1.165) is 7.11 Å². The van der Waals surface area contributed by atoms with E-state index < -0.39 is 11.8 Å². The molecule has 0 heterocycles. The average Bonchev–Trinajstić information content (AvgIpc) is 1.77. The van der Waals surface area contributed by atoms with Crippen LogP contribution in [0.1, 0.15) is 12.8 Å². The zero-order chi connectivity index (χ0) is 8.70. The van der Waals surface area contributed by atoms with E-state index in [9.17, 15) is 13.2 Å². The number of methoxy groups -OCH3 is 1. The van der Waals surface area contributed by atoms with Crippen LogP contribution in [0.3, 0.4) is 0 Å². The van der Waals surface area contributed by atoms with Gasteiger partial charge in [-0.2, -0.15) is 13.2 Å². The molecule has 66 valence electrons. The molecule has 0 N–H and O–H groups in total. The standard InChI is InChI=1S/C6H8BrF3O/c1-11-5(6(8,9)10)2-4(7)3-5/h4H,2-3H2,1H3. The molecule has 0 atom stereocenters. The Morgan fingerprint density at radius 2 is 1.91 bits per heavy atom. The maximum Gasteiger partial charge on any atom is 0.417 e. The lowest BCUT2D eigenvalue weighted by molar-refractivity contribution is -0.293. The van der Waals surface area contributed by atoms with E-state index in [4.69, 9.17) is 0 Å². The van der Waals surface area contributed by atoms with Crippen molar-refractivity contribution in [3.8, 4) is 0 Å². The molecule has 11 heavy (non-hydrogen) atoms. The Morgan fingerprint density at radius 3 is 2.00 bits per heavy atom. The Labute approximate surface area is 71.0 Å². The van der Waals surface area contributed by atoms with Crippen LogP contribution in [0.15, 0.2) is 0 Å². The normalized spacial score (nSPS) is 38.5. The molecule has 0 spiro atoms. The van der Waals surface area contributed by atoms with E-state index >= 15 is 0 Å². The summed E-state index contributed by atoms with van der Waals surface area (Å²) in [6.07, 6.45) is -4.19. The first kappa shape index (κ1) is 9.32. The van der Waals surface area contributed by atoms with Gasteiger partial charge in [0.25, 0.3) is 0 Å². The quantitative estimate of drug-likeness (QED) is 0.632. The van der Waals surface area contributed by atoms with Crippen molar-refractivity contribution in [1.29, 1.82) is 0 Å². The van der Waals surface area contributed by atoms with Gasteiger partial charge in [-0.1, -0.05) is 15.9 Å². The molecule has 1 fully saturated rings. The first-order valence-electron chi connectivity index (χ1n) is 3.17. The predicted octanol–water partition coefficient (Wildman–Crippen LogP) is 2.49. The SMILES string of the molecule is COC1(C(F)(F)F)CC(Br)C1. The highest BCUT2D eigenvalue weighted by Gasteiger charge is 2.62.